The summed E-state index contributed by atoms with van der Waals surface area (Å²) in [6, 6.07) is 3.66. The van der Waals surface area contributed by atoms with Crippen molar-refractivity contribution in [1.29, 1.82) is 0 Å². The van der Waals surface area contributed by atoms with Crippen molar-refractivity contribution in [3.8, 4) is 0 Å². The fourth-order valence-electron chi connectivity index (χ4n) is 1.22. The fraction of sp³-hybridized carbons (Fsp3) is 0.444. The molecule has 0 aromatic carbocycles. The maximum atomic E-state index is 11.2. The minimum atomic E-state index is -4.46. The predicted molar refractivity (Wildman–Crippen MR) is 65.2 cm³/mol. The van der Waals surface area contributed by atoms with Gasteiger partial charge < -0.3 is 9.79 Å². The molecule has 0 saturated heterocycles. The summed E-state index contributed by atoms with van der Waals surface area (Å²) in [5, 5.41) is 0. The molecule has 18 heavy (non-hydrogen) atoms. The number of aromatic nitrogens is 1. The molecule has 2 unspecified atom stereocenters. The molecule has 2 atom stereocenters. The maximum absolute atomic E-state index is 11.2. The molecule has 1 aromatic heterocycles. The lowest BCUT2D eigenvalue weighted by Gasteiger charge is -2.13. The lowest BCUT2D eigenvalue weighted by atomic mass is 10.2. The minimum absolute atomic E-state index is 0.0529. The second-order valence-corrected chi connectivity index (χ2v) is 7.11. The number of aryl methyl sites for hydroxylation is 1. The molecule has 0 saturated carbocycles. The van der Waals surface area contributed by atoms with E-state index in [-0.39, 0.29) is 6.61 Å². The van der Waals surface area contributed by atoms with Gasteiger partial charge in [-0.2, -0.15) is 0 Å². The van der Waals surface area contributed by atoms with E-state index in [1.807, 2.05) is 6.07 Å². The van der Waals surface area contributed by atoms with Crippen LogP contribution in [0.3, 0.4) is 0 Å². The highest BCUT2D eigenvalue weighted by Gasteiger charge is 2.29. The molecule has 1 rings (SSSR count). The molecule has 0 radical (unpaired) electrons. The topological polar surface area (TPSA) is 106 Å². The van der Waals surface area contributed by atoms with Crippen LogP contribution in [-0.2, 0) is 24.4 Å². The maximum Gasteiger partial charge on any atom is 0.479 e. The van der Waals surface area contributed by atoms with E-state index in [0.717, 1.165) is 12.2 Å². The van der Waals surface area contributed by atoms with E-state index in [2.05, 4.69) is 13.8 Å². The number of nitrogens with zero attached hydrogens (tertiary/aromatic N) is 1. The van der Waals surface area contributed by atoms with Gasteiger partial charge in [0.25, 0.3) is 0 Å². The van der Waals surface area contributed by atoms with Gasteiger partial charge in [-0.1, -0.05) is 6.07 Å². The summed E-state index contributed by atoms with van der Waals surface area (Å²) in [5.74, 6) is 0. The van der Waals surface area contributed by atoms with Gasteiger partial charge in [-0.05, 0) is 24.5 Å². The summed E-state index contributed by atoms with van der Waals surface area (Å²) in [6.45, 7) is 0.761. The van der Waals surface area contributed by atoms with Gasteiger partial charge in [0.15, 0.2) is 0 Å². The zero-order valence-electron chi connectivity index (χ0n) is 9.80. The van der Waals surface area contributed by atoms with Crippen molar-refractivity contribution >= 4 is 15.4 Å². The number of rotatable bonds is 7. The average Bonchev–Trinajstić information content (AvgIpc) is 2.23. The van der Waals surface area contributed by atoms with Crippen molar-refractivity contribution in [2.45, 2.75) is 12.8 Å². The SMILES string of the molecule is CP(=O)(O)OP(=O)(O)OCCCc1cccnc1. The summed E-state index contributed by atoms with van der Waals surface area (Å²) in [4.78, 5) is 21.8. The van der Waals surface area contributed by atoms with Gasteiger partial charge >= 0.3 is 15.4 Å². The second-order valence-electron chi connectivity index (χ2n) is 3.65. The third kappa shape index (κ3) is 7.01. The zero-order chi connectivity index (χ0) is 13.6. The van der Waals surface area contributed by atoms with E-state index in [1.165, 1.54) is 0 Å². The summed E-state index contributed by atoms with van der Waals surface area (Å²) in [6.07, 6.45) is 4.43. The Balaban J connectivity index is 2.30. The second kappa shape index (κ2) is 6.57. The van der Waals surface area contributed by atoms with Gasteiger partial charge in [0.1, 0.15) is 0 Å². The molecule has 102 valence electrons. The molecule has 2 N–H and O–H groups in total. The molecule has 9 heteroatoms. The highest BCUT2D eigenvalue weighted by Crippen LogP contribution is 2.57. The van der Waals surface area contributed by atoms with Crippen molar-refractivity contribution in [1.82, 2.24) is 4.98 Å². The highest BCUT2D eigenvalue weighted by molar-refractivity contribution is 7.63. The third-order valence-corrected chi connectivity index (χ3v) is 4.39. The van der Waals surface area contributed by atoms with Crippen LogP contribution in [-0.4, -0.2) is 28.0 Å². The van der Waals surface area contributed by atoms with Crippen LogP contribution in [0.4, 0.5) is 0 Å². The van der Waals surface area contributed by atoms with Crippen LogP contribution in [0.25, 0.3) is 0 Å². The number of hydrogen-bond acceptors (Lipinski definition) is 5. The van der Waals surface area contributed by atoms with E-state index >= 15 is 0 Å². The molecule has 0 bridgehead atoms. The van der Waals surface area contributed by atoms with Gasteiger partial charge in [-0.15, -0.1) is 0 Å². The first kappa shape index (κ1) is 15.5. The van der Waals surface area contributed by atoms with Crippen molar-refractivity contribution in [2.75, 3.05) is 13.3 Å². The molecule has 0 aliphatic heterocycles. The summed E-state index contributed by atoms with van der Waals surface area (Å²) < 4.78 is 30.6. The number of pyridine rings is 1. The molecule has 0 aliphatic carbocycles. The lowest BCUT2D eigenvalue weighted by Crippen LogP contribution is -1.97. The van der Waals surface area contributed by atoms with Gasteiger partial charge in [0.2, 0.25) is 0 Å². The Hall–Kier alpha value is -0.550. The number of phosphoric ester groups is 1. The molecular formula is C9H15NO6P2. The molecule has 0 aliphatic rings. The van der Waals surface area contributed by atoms with E-state index in [9.17, 15) is 9.13 Å². The van der Waals surface area contributed by atoms with Crippen molar-refractivity contribution in [3.63, 3.8) is 0 Å². The normalized spacial score (nSPS) is 17.9. The Morgan fingerprint density at radius 2 is 2.11 bits per heavy atom. The zero-order valence-corrected chi connectivity index (χ0v) is 11.6. The Kier molecular flexibility index (Phi) is 5.66. The van der Waals surface area contributed by atoms with E-state index in [0.29, 0.717) is 12.8 Å². The predicted octanol–water partition coefficient (Wildman–Crippen LogP) is 1.96. The Morgan fingerprint density at radius 3 is 2.67 bits per heavy atom. The van der Waals surface area contributed by atoms with Gasteiger partial charge in [-0.25, -0.2) is 8.88 Å². The van der Waals surface area contributed by atoms with E-state index < -0.39 is 15.4 Å². The molecular weight excluding hydrogens is 280 g/mol. The average molecular weight is 295 g/mol. The molecule has 1 heterocycles. The molecule has 1 aromatic rings. The quantitative estimate of drug-likeness (QED) is 0.585. The first-order valence-corrected chi connectivity index (χ1v) is 8.68. The van der Waals surface area contributed by atoms with Crippen LogP contribution < -0.4 is 0 Å². The van der Waals surface area contributed by atoms with Crippen LogP contribution >= 0.6 is 15.4 Å². The number of hydrogen-bond donors (Lipinski definition) is 2. The largest absolute Gasteiger partial charge is 0.479 e. The Labute approximate surface area is 105 Å². The number of phosphoric acid groups is 1. The third-order valence-electron chi connectivity index (χ3n) is 1.84. The molecule has 0 fully saturated rings. The Morgan fingerprint density at radius 1 is 1.39 bits per heavy atom. The van der Waals surface area contributed by atoms with Crippen molar-refractivity contribution in [2.24, 2.45) is 0 Å². The summed E-state index contributed by atoms with van der Waals surface area (Å²) in [5.41, 5.74) is 0.970. The summed E-state index contributed by atoms with van der Waals surface area (Å²) >= 11 is 0. The van der Waals surface area contributed by atoms with Crippen LogP contribution in [0.1, 0.15) is 12.0 Å². The van der Waals surface area contributed by atoms with Gasteiger partial charge in [0.05, 0.1) is 6.61 Å². The van der Waals surface area contributed by atoms with Crippen molar-refractivity contribution in [3.05, 3.63) is 30.1 Å². The molecule has 7 nitrogen and oxygen atoms in total. The molecule has 0 amide bonds. The van der Waals surface area contributed by atoms with Crippen LogP contribution in [0, 0.1) is 0 Å². The van der Waals surface area contributed by atoms with Crippen molar-refractivity contribution < 1.29 is 27.8 Å². The van der Waals surface area contributed by atoms with Gasteiger partial charge in [-0.3, -0.25) is 14.1 Å². The van der Waals surface area contributed by atoms with Gasteiger partial charge in [0, 0.05) is 19.1 Å². The minimum Gasteiger partial charge on any atom is -0.324 e. The highest BCUT2D eigenvalue weighted by atomic mass is 31.3. The first-order valence-electron chi connectivity index (χ1n) is 5.16. The Bertz CT molecular complexity index is 459. The first-order chi connectivity index (χ1) is 8.29. The monoisotopic (exact) mass is 295 g/mol. The lowest BCUT2D eigenvalue weighted by molar-refractivity contribution is 0.195. The summed E-state index contributed by atoms with van der Waals surface area (Å²) in [7, 11) is -8.51. The van der Waals surface area contributed by atoms with E-state index in [4.69, 9.17) is 9.79 Å². The molecule has 0 spiro atoms. The van der Waals surface area contributed by atoms with Crippen LogP contribution in [0.5, 0.6) is 0 Å². The smallest absolute Gasteiger partial charge is 0.324 e. The fourth-order valence-corrected chi connectivity index (χ4v) is 3.30. The van der Waals surface area contributed by atoms with Crippen LogP contribution in [0.15, 0.2) is 24.5 Å². The van der Waals surface area contributed by atoms with E-state index in [1.54, 1.807) is 18.5 Å². The standard InChI is InChI=1S/C9H15NO6P2/c1-17(11,12)16-18(13,14)15-7-3-5-9-4-2-6-10-8-9/h2,4,6,8H,3,5,7H2,1H3,(H,11,12)(H,13,14). The van der Waals surface area contributed by atoms with Crippen LogP contribution in [0.2, 0.25) is 0 Å².